The number of hydrogen-bond acceptors (Lipinski definition) is 2. The lowest BCUT2D eigenvalue weighted by molar-refractivity contribution is 0.316. The fourth-order valence-corrected chi connectivity index (χ4v) is 2.98. The summed E-state index contributed by atoms with van der Waals surface area (Å²) in [5, 5.41) is 7.94. The third-order valence-electron chi connectivity index (χ3n) is 2.46. The molecule has 66 valence electrons. The Morgan fingerprint density at radius 2 is 1.92 bits per heavy atom. The van der Waals surface area contributed by atoms with Gasteiger partial charge in [0.15, 0.2) is 9.39 Å². The number of fused-ring (bicyclic) bond motifs is 1. The molecule has 12 heavy (non-hydrogen) atoms. The highest BCUT2D eigenvalue weighted by atomic mass is 35.5. The first-order valence-corrected chi connectivity index (χ1v) is 4.79. The van der Waals surface area contributed by atoms with E-state index in [0.29, 0.717) is 12.8 Å². The van der Waals surface area contributed by atoms with Gasteiger partial charge in [0.1, 0.15) is 6.07 Å². The first-order chi connectivity index (χ1) is 5.47. The second-order valence-corrected chi connectivity index (χ2v) is 5.28. The lowest BCUT2D eigenvalue weighted by Gasteiger charge is -2.27. The molecule has 0 aromatic carbocycles. The molecule has 2 nitrogen and oxygen atoms in total. The summed E-state index contributed by atoms with van der Waals surface area (Å²) in [6, 6.07) is 1.97. The van der Waals surface area contributed by atoms with Crippen molar-refractivity contribution >= 4 is 34.8 Å². The second kappa shape index (κ2) is 2.22. The monoisotopic (exact) mass is 225 g/mol. The van der Waals surface area contributed by atoms with E-state index >= 15 is 0 Å². The number of hydrogen-bond donors (Lipinski definition) is 0. The number of alkyl halides is 3. The van der Waals surface area contributed by atoms with Gasteiger partial charge < -0.3 is 4.74 Å². The third-order valence-corrected chi connectivity index (χ3v) is 3.90. The van der Waals surface area contributed by atoms with Crippen molar-refractivity contribution in [3.8, 4) is 6.07 Å². The Balaban J connectivity index is 2.38. The highest BCUT2D eigenvalue weighted by Crippen LogP contribution is 2.67. The van der Waals surface area contributed by atoms with Crippen molar-refractivity contribution in [1.29, 1.82) is 5.26 Å². The quantitative estimate of drug-likeness (QED) is 0.470. The molecule has 2 atom stereocenters. The fourth-order valence-electron chi connectivity index (χ4n) is 1.69. The van der Waals surface area contributed by atoms with Crippen molar-refractivity contribution in [2.24, 2.45) is 0 Å². The van der Waals surface area contributed by atoms with E-state index in [1.165, 1.54) is 0 Å². The van der Waals surface area contributed by atoms with Gasteiger partial charge in [0.25, 0.3) is 0 Å². The summed E-state index contributed by atoms with van der Waals surface area (Å²) in [6.45, 7) is 0. The zero-order chi connectivity index (χ0) is 9.04. The molecule has 1 saturated heterocycles. The van der Waals surface area contributed by atoms with E-state index in [1.807, 2.05) is 6.07 Å². The van der Waals surface area contributed by atoms with Crippen LogP contribution in [0.5, 0.6) is 0 Å². The van der Waals surface area contributed by atoms with Crippen LogP contribution in [0.15, 0.2) is 0 Å². The minimum atomic E-state index is -1.18. The molecule has 2 fully saturated rings. The number of ether oxygens (including phenoxy) is 1. The van der Waals surface area contributed by atoms with Crippen molar-refractivity contribution in [2.45, 2.75) is 34.3 Å². The number of nitrogens with zero attached hydrogens (tertiary/aromatic N) is 1. The van der Waals surface area contributed by atoms with Gasteiger partial charge in [-0.2, -0.15) is 5.26 Å². The Hall–Kier alpha value is 0.320. The summed E-state index contributed by atoms with van der Waals surface area (Å²) in [7, 11) is 0. The van der Waals surface area contributed by atoms with Gasteiger partial charge in [-0.1, -0.05) is 34.8 Å². The maximum Gasteiger partial charge on any atom is 0.231 e. The smallest absolute Gasteiger partial charge is 0.231 e. The van der Waals surface area contributed by atoms with Crippen LogP contribution in [0.1, 0.15) is 19.3 Å². The standard InChI is InChI=1S/C7H6Cl3NO/c8-6(9)2-1-3-7(10)5(6,4-11)12-7/h1-3H2. The zero-order valence-electron chi connectivity index (χ0n) is 6.11. The van der Waals surface area contributed by atoms with Crippen molar-refractivity contribution in [3.05, 3.63) is 0 Å². The van der Waals surface area contributed by atoms with Crippen LogP contribution in [0.4, 0.5) is 0 Å². The summed E-state index contributed by atoms with van der Waals surface area (Å²) < 4.78 is 4.01. The Bertz CT molecular complexity index is 274. The largest absolute Gasteiger partial charge is 0.327 e. The van der Waals surface area contributed by atoms with E-state index in [9.17, 15) is 0 Å². The Morgan fingerprint density at radius 3 is 2.33 bits per heavy atom. The van der Waals surface area contributed by atoms with E-state index in [0.717, 1.165) is 6.42 Å². The highest BCUT2D eigenvalue weighted by Gasteiger charge is 2.81. The third kappa shape index (κ3) is 0.807. The maximum absolute atomic E-state index is 8.86. The zero-order valence-corrected chi connectivity index (χ0v) is 8.38. The van der Waals surface area contributed by atoms with Crippen LogP contribution in [0.3, 0.4) is 0 Å². The summed E-state index contributed by atoms with van der Waals surface area (Å²) in [5.74, 6) is 0. The number of epoxide rings is 1. The van der Waals surface area contributed by atoms with Gasteiger partial charge in [0, 0.05) is 0 Å². The van der Waals surface area contributed by atoms with Crippen molar-refractivity contribution < 1.29 is 4.74 Å². The van der Waals surface area contributed by atoms with Crippen LogP contribution in [0, 0.1) is 11.3 Å². The summed E-state index contributed by atoms with van der Waals surface area (Å²) >= 11 is 17.9. The van der Waals surface area contributed by atoms with Gasteiger partial charge in [0.2, 0.25) is 5.60 Å². The van der Waals surface area contributed by atoms with Crippen LogP contribution < -0.4 is 0 Å². The molecule has 1 heterocycles. The van der Waals surface area contributed by atoms with Gasteiger partial charge in [-0.05, 0) is 19.3 Å². The lowest BCUT2D eigenvalue weighted by Crippen LogP contribution is -2.42. The average Bonchev–Trinajstić information content (AvgIpc) is 2.58. The van der Waals surface area contributed by atoms with Gasteiger partial charge in [0.05, 0.1) is 0 Å². The van der Waals surface area contributed by atoms with Crippen LogP contribution in [0.25, 0.3) is 0 Å². The molecular formula is C7H6Cl3NO. The van der Waals surface area contributed by atoms with Crippen LogP contribution in [-0.4, -0.2) is 15.0 Å². The summed E-state index contributed by atoms with van der Waals surface area (Å²) in [6.07, 6.45) is 1.99. The molecule has 0 aromatic rings. The fraction of sp³-hybridized carbons (Fsp3) is 0.857. The van der Waals surface area contributed by atoms with E-state index in [4.69, 9.17) is 44.8 Å². The molecular weight excluding hydrogens is 220 g/mol. The first kappa shape index (κ1) is 8.90. The van der Waals surface area contributed by atoms with E-state index in [2.05, 4.69) is 0 Å². The van der Waals surface area contributed by atoms with Crippen molar-refractivity contribution in [1.82, 2.24) is 0 Å². The van der Waals surface area contributed by atoms with Crippen LogP contribution in [-0.2, 0) is 4.74 Å². The Morgan fingerprint density at radius 1 is 1.25 bits per heavy atom. The predicted octanol–water partition coefficient (Wildman–Crippen LogP) is 2.57. The molecule has 5 heteroatoms. The highest BCUT2D eigenvalue weighted by molar-refractivity contribution is 6.51. The molecule has 1 aliphatic heterocycles. The molecule has 1 saturated carbocycles. The molecule has 0 amide bonds. The second-order valence-electron chi connectivity index (χ2n) is 3.18. The maximum atomic E-state index is 8.86. The Kier molecular flexibility index (Phi) is 1.64. The van der Waals surface area contributed by atoms with E-state index in [-0.39, 0.29) is 0 Å². The predicted molar refractivity (Wildman–Crippen MR) is 46.3 cm³/mol. The molecule has 0 aromatic heterocycles. The average molecular weight is 226 g/mol. The van der Waals surface area contributed by atoms with E-state index < -0.39 is 15.0 Å². The number of halogens is 3. The summed E-state index contributed by atoms with van der Waals surface area (Å²) in [4.78, 5) is 0. The molecule has 0 bridgehead atoms. The molecule has 0 spiro atoms. The molecule has 2 rings (SSSR count). The molecule has 0 N–H and O–H groups in total. The first-order valence-electron chi connectivity index (χ1n) is 3.66. The van der Waals surface area contributed by atoms with E-state index in [1.54, 1.807) is 0 Å². The van der Waals surface area contributed by atoms with Crippen LogP contribution >= 0.6 is 34.8 Å². The van der Waals surface area contributed by atoms with Gasteiger partial charge in [-0.25, -0.2) is 0 Å². The molecule has 2 unspecified atom stereocenters. The lowest BCUT2D eigenvalue weighted by atomic mass is 9.88. The summed E-state index contributed by atoms with van der Waals surface area (Å²) in [5.41, 5.74) is -1.18. The SMILES string of the molecule is N#CC12OC1(Cl)CCCC2(Cl)Cl. The minimum Gasteiger partial charge on any atom is -0.327 e. The molecule has 1 aliphatic carbocycles. The van der Waals surface area contributed by atoms with Crippen molar-refractivity contribution in [2.75, 3.05) is 0 Å². The van der Waals surface area contributed by atoms with Gasteiger partial charge in [-0.3, -0.25) is 0 Å². The minimum absolute atomic E-state index is 0.554. The molecule has 0 radical (unpaired) electrons. The van der Waals surface area contributed by atoms with Gasteiger partial charge >= 0.3 is 0 Å². The van der Waals surface area contributed by atoms with Crippen LogP contribution in [0.2, 0.25) is 0 Å². The normalized spacial score (nSPS) is 49.2. The number of rotatable bonds is 0. The van der Waals surface area contributed by atoms with Crippen molar-refractivity contribution in [3.63, 3.8) is 0 Å². The Labute approximate surface area is 85.3 Å². The molecule has 2 aliphatic rings. The topological polar surface area (TPSA) is 36.3 Å². The number of nitriles is 1. The van der Waals surface area contributed by atoms with Gasteiger partial charge in [-0.15, -0.1) is 0 Å².